The van der Waals surface area contributed by atoms with Crippen molar-refractivity contribution in [3.8, 4) is 11.5 Å². The number of nitrogens with zero attached hydrogens (tertiary/aromatic N) is 3. The molecule has 0 saturated heterocycles. The van der Waals surface area contributed by atoms with Crippen LogP contribution >= 0.6 is 12.4 Å². The smallest absolute Gasteiger partial charge is 0.258 e. The Morgan fingerprint density at radius 3 is 2.53 bits per heavy atom. The number of hydrogen-bond donors (Lipinski definition) is 1. The van der Waals surface area contributed by atoms with Crippen LogP contribution in [0.2, 0.25) is 0 Å². The van der Waals surface area contributed by atoms with E-state index in [4.69, 9.17) is 10.3 Å². The van der Waals surface area contributed by atoms with Crippen molar-refractivity contribution in [2.45, 2.75) is 24.8 Å². The second-order valence-electron chi connectivity index (χ2n) is 4.17. The molecule has 0 radical (unpaired) electrons. The lowest BCUT2D eigenvalue weighted by atomic mass is 9.77. The quantitative estimate of drug-likeness (QED) is 0.883. The van der Waals surface area contributed by atoms with E-state index in [9.17, 15) is 0 Å². The molecule has 6 heteroatoms. The van der Waals surface area contributed by atoms with Crippen molar-refractivity contribution in [1.29, 1.82) is 0 Å². The molecule has 0 unspecified atom stereocenters. The molecule has 1 fully saturated rings. The van der Waals surface area contributed by atoms with E-state index in [0.717, 1.165) is 24.8 Å². The van der Waals surface area contributed by atoms with E-state index in [-0.39, 0.29) is 17.9 Å². The van der Waals surface area contributed by atoms with Crippen LogP contribution < -0.4 is 5.73 Å². The summed E-state index contributed by atoms with van der Waals surface area (Å²) in [6.45, 7) is 0. The molecule has 5 nitrogen and oxygen atoms in total. The predicted molar refractivity (Wildman–Crippen MR) is 64.5 cm³/mol. The molecule has 2 N–H and O–H groups in total. The Kier molecular flexibility index (Phi) is 3.13. The van der Waals surface area contributed by atoms with Gasteiger partial charge >= 0.3 is 0 Å². The van der Waals surface area contributed by atoms with E-state index in [1.54, 1.807) is 12.4 Å². The molecule has 0 aliphatic heterocycles. The Bertz CT molecular complexity index is 495. The second-order valence-corrected chi connectivity index (χ2v) is 4.17. The number of pyridine rings is 1. The molecule has 0 amide bonds. The minimum absolute atomic E-state index is 0. The van der Waals surface area contributed by atoms with E-state index in [1.807, 2.05) is 12.1 Å². The van der Waals surface area contributed by atoms with E-state index in [1.165, 1.54) is 0 Å². The summed E-state index contributed by atoms with van der Waals surface area (Å²) in [4.78, 5) is 8.28. The molecule has 1 saturated carbocycles. The van der Waals surface area contributed by atoms with Gasteiger partial charge in [-0.1, -0.05) is 5.16 Å². The molecule has 17 heavy (non-hydrogen) atoms. The highest BCUT2D eigenvalue weighted by molar-refractivity contribution is 5.85. The highest BCUT2D eigenvalue weighted by Gasteiger charge is 2.39. The van der Waals surface area contributed by atoms with Gasteiger partial charge in [-0.2, -0.15) is 4.98 Å². The monoisotopic (exact) mass is 252 g/mol. The highest BCUT2D eigenvalue weighted by atomic mass is 35.5. The first-order chi connectivity index (χ1) is 7.78. The fourth-order valence-electron chi connectivity index (χ4n) is 1.82. The van der Waals surface area contributed by atoms with Gasteiger partial charge in [0, 0.05) is 18.0 Å². The van der Waals surface area contributed by atoms with Crippen molar-refractivity contribution >= 4 is 12.4 Å². The topological polar surface area (TPSA) is 77.8 Å². The minimum Gasteiger partial charge on any atom is -0.334 e. The van der Waals surface area contributed by atoms with E-state index in [0.29, 0.717) is 11.7 Å². The standard InChI is InChI=1S/C11H12N4O.ClH/c12-11(4-1-5-11)10-14-9(16-15-10)8-2-6-13-7-3-8;/h2-3,6-7H,1,4-5,12H2;1H. The predicted octanol–water partition coefficient (Wildman–Crippen LogP) is 1.89. The summed E-state index contributed by atoms with van der Waals surface area (Å²) in [6.07, 6.45) is 6.39. The number of hydrogen-bond acceptors (Lipinski definition) is 5. The second kappa shape index (κ2) is 4.43. The first kappa shape index (κ1) is 12.0. The normalized spacial score (nSPS) is 17.0. The largest absolute Gasteiger partial charge is 0.334 e. The van der Waals surface area contributed by atoms with Crippen LogP contribution in [-0.2, 0) is 5.54 Å². The van der Waals surface area contributed by atoms with Crippen LogP contribution in [0, 0.1) is 0 Å². The first-order valence-electron chi connectivity index (χ1n) is 5.31. The average Bonchev–Trinajstić information content (AvgIpc) is 2.77. The van der Waals surface area contributed by atoms with Crippen LogP contribution in [-0.4, -0.2) is 15.1 Å². The Morgan fingerprint density at radius 1 is 1.24 bits per heavy atom. The van der Waals surface area contributed by atoms with Gasteiger partial charge in [-0.3, -0.25) is 4.98 Å². The van der Waals surface area contributed by atoms with Crippen LogP contribution in [0.4, 0.5) is 0 Å². The summed E-state index contributed by atoms with van der Waals surface area (Å²) in [7, 11) is 0. The fraction of sp³-hybridized carbons (Fsp3) is 0.364. The Morgan fingerprint density at radius 2 is 1.94 bits per heavy atom. The molecule has 0 bridgehead atoms. The Balaban J connectivity index is 0.00000108. The van der Waals surface area contributed by atoms with Gasteiger partial charge in [0.05, 0.1) is 5.54 Å². The van der Waals surface area contributed by atoms with E-state index < -0.39 is 0 Å². The summed E-state index contributed by atoms with van der Waals surface area (Å²) >= 11 is 0. The molecule has 0 aromatic carbocycles. The third kappa shape index (κ3) is 2.03. The van der Waals surface area contributed by atoms with Crippen molar-refractivity contribution in [3.63, 3.8) is 0 Å². The van der Waals surface area contributed by atoms with Crippen LogP contribution in [0.3, 0.4) is 0 Å². The molecule has 0 spiro atoms. The molecule has 90 valence electrons. The van der Waals surface area contributed by atoms with Gasteiger partial charge in [-0.25, -0.2) is 0 Å². The van der Waals surface area contributed by atoms with Crippen LogP contribution in [0.15, 0.2) is 29.0 Å². The Hall–Kier alpha value is -1.46. The fourth-order valence-corrected chi connectivity index (χ4v) is 1.82. The maximum atomic E-state index is 6.12. The highest BCUT2D eigenvalue weighted by Crippen LogP contribution is 2.37. The zero-order chi connectivity index (χ0) is 11.0. The van der Waals surface area contributed by atoms with Crippen molar-refractivity contribution in [1.82, 2.24) is 15.1 Å². The maximum absolute atomic E-state index is 6.12. The zero-order valence-corrected chi connectivity index (χ0v) is 9.98. The van der Waals surface area contributed by atoms with Crippen LogP contribution in [0.25, 0.3) is 11.5 Å². The summed E-state index contributed by atoms with van der Waals surface area (Å²) in [6, 6.07) is 3.67. The summed E-state index contributed by atoms with van der Waals surface area (Å²) < 4.78 is 5.20. The lowest BCUT2D eigenvalue weighted by Crippen LogP contribution is -2.44. The molecule has 1 aliphatic rings. The van der Waals surface area contributed by atoms with Crippen molar-refractivity contribution in [2.24, 2.45) is 5.73 Å². The van der Waals surface area contributed by atoms with Crippen LogP contribution in [0.1, 0.15) is 25.1 Å². The molecule has 1 aliphatic carbocycles. The molecule has 2 aromatic rings. The average molecular weight is 253 g/mol. The molecule has 2 aromatic heterocycles. The van der Waals surface area contributed by atoms with Gasteiger partial charge in [0.25, 0.3) is 5.89 Å². The minimum atomic E-state index is -0.366. The third-order valence-corrected chi connectivity index (χ3v) is 3.04. The van der Waals surface area contributed by atoms with Gasteiger partial charge in [-0.05, 0) is 31.4 Å². The zero-order valence-electron chi connectivity index (χ0n) is 9.17. The SMILES string of the molecule is Cl.NC1(c2noc(-c3ccncc3)n2)CCC1. The number of nitrogens with two attached hydrogens (primary N) is 1. The van der Waals surface area contributed by atoms with Crippen LogP contribution in [0.5, 0.6) is 0 Å². The first-order valence-corrected chi connectivity index (χ1v) is 5.31. The third-order valence-electron chi connectivity index (χ3n) is 3.04. The molecular weight excluding hydrogens is 240 g/mol. The van der Waals surface area contributed by atoms with Gasteiger partial charge in [0.1, 0.15) is 0 Å². The van der Waals surface area contributed by atoms with Crippen molar-refractivity contribution < 1.29 is 4.52 Å². The summed E-state index contributed by atoms with van der Waals surface area (Å²) in [5, 5.41) is 3.95. The Labute approximate surface area is 105 Å². The number of halogens is 1. The van der Waals surface area contributed by atoms with Crippen molar-refractivity contribution in [2.75, 3.05) is 0 Å². The van der Waals surface area contributed by atoms with Gasteiger partial charge in [0.15, 0.2) is 5.82 Å². The number of aromatic nitrogens is 3. The van der Waals surface area contributed by atoms with E-state index >= 15 is 0 Å². The molecular formula is C11H13ClN4O. The lowest BCUT2D eigenvalue weighted by molar-refractivity contribution is 0.229. The van der Waals surface area contributed by atoms with Gasteiger partial charge in [-0.15, -0.1) is 12.4 Å². The lowest BCUT2D eigenvalue weighted by Gasteiger charge is -2.34. The summed E-state index contributed by atoms with van der Waals surface area (Å²) in [5.41, 5.74) is 6.62. The van der Waals surface area contributed by atoms with Crippen molar-refractivity contribution in [3.05, 3.63) is 30.4 Å². The van der Waals surface area contributed by atoms with Gasteiger partial charge in [0.2, 0.25) is 0 Å². The van der Waals surface area contributed by atoms with E-state index in [2.05, 4.69) is 15.1 Å². The number of rotatable bonds is 2. The maximum Gasteiger partial charge on any atom is 0.258 e. The molecule has 2 heterocycles. The molecule has 3 rings (SSSR count). The van der Waals surface area contributed by atoms with Gasteiger partial charge < -0.3 is 10.3 Å². The molecule has 0 atom stereocenters. The summed E-state index contributed by atoms with van der Waals surface area (Å²) in [5.74, 6) is 1.12.